The molecule has 1 saturated heterocycles. The highest BCUT2D eigenvalue weighted by molar-refractivity contribution is 7.89. The first-order chi connectivity index (χ1) is 17.9. The van der Waals surface area contributed by atoms with Gasteiger partial charge < -0.3 is 10.4 Å². The largest absolute Gasteiger partial charge is 0.393 e. The Hall–Kier alpha value is -2.56. The summed E-state index contributed by atoms with van der Waals surface area (Å²) in [4.78, 5) is 9.68. The van der Waals surface area contributed by atoms with Crippen molar-refractivity contribution in [1.29, 1.82) is 0 Å². The molecule has 1 aliphatic heterocycles. The summed E-state index contributed by atoms with van der Waals surface area (Å²) in [5.41, 5.74) is 2.35. The van der Waals surface area contributed by atoms with E-state index in [0.717, 1.165) is 80.2 Å². The number of aromatic nitrogens is 4. The highest BCUT2D eigenvalue weighted by atomic mass is 32.2. The third-order valence-electron chi connectivity index (χ3n) is 7.78. The van der Waals surface area contributed by atoms with E-state index in [2.05, 4.69) is 24.1 Å². The number of hydrogen-bond acceptors (Lipinski definition) is 7. The molecule has 10 heteroatoms. The Morgan fingerprint density at radius 3 is 2.43 bits per heavy atom. The van der Waals surface area contributed by atoms with E-state index >= 15 is 0 Å². The quantitative estimate of drug-likeness (QED) is 0.412. The summed E-state index contributed by atoms with van der Waals surface area (Å²) in [6, 6.07) is 7.20. The summed E-state index contributed by atoms with van der Waals surface area (Å²) in [6.45, 7) is 6.27. The van der Waals surface area contributed by atoms with Crippen LogP contribution in [0.25, 0.3) is 22.3 Å². The maximum absolute atomic E-state index is 13.2. The third-order valence-corrected chi connectivity index (χ3v) is 9.70. The first-order valence-electron chi connectivity index (χ1n) is 13.6. The second-order valence-electron chi connectivity index (χ2n) is 10.6. The average Bonchev–Trinajstić information content (AvgIpc) is 3.28. The highest BCUT2D eigenvalue weighted by Crippen LogP contribution is 2.35. The number of fused-ring (bicyclic) bond motifs is 1. The van der Waals surface area contributed by atoms with Gasteiger partial charge in [0.05, 0.1) is 22.4 Å². The van der Waals surface area contributed by atoms with Gasteiger partial charge in [-0.05, 0) is 63.0 Å². The number of aliphatic hydroxyl groups excluding tert-OH is 1. The summed E-state index contributed by atoms with van der Waals surface area (Å²) in [5, 5.41) is 19.1. The molecule has 2 fully saturated rings. The minimum Gasteiger partial charge on any atom is -0.393 e. The van der Waals surface area contributed by atoms with Crippen LogP contribution in [0.2, 0.25) is 0 Å². The normalized spacial score (nSPS) is 21.9. The number of nitrogens with zero attached hydrogens (tertiary/aromatic N) is 5. The van der Waals surface area contributed by atoms with Crippen LogP contribution in [0.5, 0.6) is 0 Å². The molecule has 3 aromatic rings. The molecule has 0 radical (unpaired) electrons. The van der Waals surface area contributed by atoms with Gasteiger partial charge in [-0.15, -0.1) is 0 Å². The summed E-state index contributed by atoms with van der Waals surface area (Å²) < 4.78 is 30.0. The van der Waals surface area contributed by atoms with Crippen molar-refractivity contribution < 1.29 is 13.5 Å². The SMILES string of the molecule is CCCCNc1ncc2c(-c3ccc(S(=O)(=O)N4CCC(C)CC4)cc3)nn(C3CCC(O)CC3)c2n1. The van der Waals surface area contributed by atoms with Crippen molar-refractivity contribution >= 4 is 27.0 Å². The van der Waals surface area contributed by atoms with E-state index in [9.17, 15) is 13.5 Å². The van der Waals surface area contributed by atoms with Crippen LogP contribution >= 0.6 is 0 Å². The molecule has 3 heterocycles. The summed E-state index contributed by atoms with van der Waals surface area (Å²) in [6.07, 6.45) is 8.65. The fourth-order valence-corrected chi connectivity index (χ4v) is 6.79. The van der Waals surface area contributed by atoms with Gasteiger partial charge in [-0.25, -0.2) is 18.1 Å². The number of aliphatic hydroxyl groups is 1. The maximum Gasteiger partial charge on any atom is 0.243 e. The van der Waals surface area contributed by atoms with Gasteiger partial charge in [0.1, 0.15) is 5.69 Å². The molecule has 1 aliphatic carbocycles. The zero-order valence-electron chi connectivity index (χ0n) is 21.8. The van der Waals surface area contributed by atoms with Crippen molar-refractivity contribution in [2.24, 2.45) is 5.92 Å². The topological polar surface area (TPSA) is 113 Å². The molecule has 2 aliphatic rings. The lowest BCUT2D eigenvalue weighted by atomic mass is 9.93. The van der Waals surface area contributed by atoms with Crippen LogP contribution < -0.4 is 5.32 Å². The predicted octanol–water partition coefficient (Wildman–Crippen LogP) is 4.60. The zero-order valence-corrected chi connectivity index (χ0v) is 22.6. The molecular weight excluding hydrogens is 488 g/mol. The summed E-state index contributed by atoms with van der Waals surface area (Å²) in [7, 11) is -3.51. The lowest BCUT2D eigenvalue weighted by Crippen LogP contribution is -2.37. The molecule has 0 atom stereocenters. The van der Waals surface area contributed by atoms with Crippen molar-refractivity contribution in [2.75, 3.05) is 25.0 Å². The number of sulfonamides is 1. The minimum absolute atomic E-state index is 0.152. The van der Waals surface area contributed by atoms with Gasteiger partial charge in [0, 0.05) is 31.4 Å². The number of nitrogens with one attached hydrogen (secondary N) is 1. The van der Waals surface area contributed by atoms with Gasteiger partial charge in [-0.2, -0.15) is 14.4 Å². The molecule has 37 heavy (non-hydrogen) atoms. The Morgan fingerprint density at radius 1 is 1.05 bits per heavy atom. The summed E-state index contributed by atoms with van der Waals surface area (Å²) in [5.74, 6) is 1.15. The van der Waals surface area contributed by atoms with Gasteiger partial charge in [0.2, 0.25) is 16.0 Å². The number of benzene rings is 1. The van der Waals surface area contributed by atoms with E-state index < -0.39 is 10.0 Å². The fraction of sp³-hybridized carbons (Fsp3) is 0.593. The Labute approximate surface area is 219 Å². The lowest BCUT2D eigenvalue weighted by Gasteiger charge is -2.29. The molecule has 0 bridgehead atoms. The molecule has 0 amide bonds. The Morgan fingerprint density at radius 2 is 1.76 bits per heavy atom. The van der Waals surface area contributed by atoms with E-state index in [1.54, 1.807) is 16.4 Å². The molecule has 0 unspecified atom stereocenters. The summed E-state index contributed by atoms with van der Waals surface area (Å²) >= 11 is 0. The van der Waals surface area contributed by atoms with Gasteiger partial charge >= 0.3 is 0 Å². The standard InChI is InChI=1S/C27H38N6O3S/c1-3-4-15-28-27-29-18-24-25(31-33(26(24)30-27)21-7-9-22(34)10-8-21)20-5-11-23(12-6-20)37(35,36)32-16-13-19(2)14-17-32/h5-6,11-12,18-19,21-22,34H,3-4,7-10,13-17H2,1-2H3,(H,28,29,30). The van der Waals surface area contributed by atoms with E-state index in [1.165, 1.54) is 0 Å². The Kier molecular flexibility index (Phi) is 7.78. The first kappa shape index (κ1) is 26.1. The smallest absolute Gasteiger partial charge is 0.243 e. The van der Waals surface area contributed by atoms with Crippen LogP contribution in [0.15, 0.2) is 35.4 Å². The number of unbranched alkanes of at least 4 members (excludes halogenated alkanes) is 1. The van der Waals surface area contributed by atoms with Crippen LogP contribution in [-0.2, 0) is 10.0 Å². The molecular formula is C27H38N6O3S. The third kappa shape index (κ3) is 5.51. The number of piperidine rings is 1. The lowest BCUT2D eigenvalue weighted by molar-refractivity contribution is 0.109. The van der Waals surface area contributed by atoms with Gasteiger partial charge in [-0.1, -0.05) is 32.4 Å². The van der Waals surface area contributed by atoms with Gasteiger partial charge in [0.15, 0.2) is 5.65 Å². The van der Waals surface area contributed by atoms with Crippen LogP contribution in [0, 0.1) is 5.92 Å². The number of rotatable bonds is 8. The van der Waals surface area contributed by atoms with Crippen molar-refractivity contribution in [2.45, 2.75) is 82.3 Å². The first-order valence-corrected chi connectivity index (χ1v) is 15.1. The Bertz CT molecular complexity index is 1310. The van der Waals surface area contributed by atoms with Gasteiger partial charge in [-0.3, -0.25) is 0 Å². The second kappa shape index (κ2) is 11.0. The molecule has 5 rings (SSSR count). The van der Waals surface area contributed by atoms with Crippen molar-refractivity contribution in [1.82, 2.24) is 24.1 Å². The molecule has 200 valence electrons. The van der Waals surface area contributed by atoms with Crippen LogP contribution in [-0.4, -0.2) is 63.3 Å². The van der Waals surface area contributed by atoms with Crippen molar-refractivity contribution in [3.8, 4) is 11.3 Å². The predicted molar refractivity (Wildman–Crippen MR) is 145 cm³/mol. The fourth-order valence-electron chi connectivity index (χ4n) is 5.32. The van der Waals surface area contributed by atoms with Crippen LogP contribution in [0.4, 0.5) is 5.95 Å². The van der Waals surface area contributed by atoms with E-state index in [1.807, 2.05) is 23.0 Å². The molecule has 1 aromatic carbocycles. The number of anilines is 1. The Balaban J connectivity index is 1.47. The minimum atomic E-state index is -3.51. The molecule has 1 saturated carbocycles. The maximum atomic E-state index is 13.2. The van der Waals surface area contributed by atoms with Crippen molar-refractivity contribution in [3.05, 3.63) is 30.5 Å². The number of hydrogen-bond donors (Lipinski definition) is 2. The molecule has 0 spiro atoms. The van der Waals surface area contributed by atoms with E-state index in [4.69, 9.17) is 10.1 Å². The van der Waals surface area contributed by atoms with E-state index in [0.29, 0.717) is 29.9 Å². The van der Waals surface area contributed by atoms with Crippen LogP contribution in [0.1, 0.15) is 71.3 Å². The monoisotopic (exact) mass is 526 g/mol. The van der Waals surface area contributed by atoms with Crippen LogP contribution in [0.3, 0.4) is 0 Å². The highest BCUT2D eigenvalue weighted by Gasteiger charge is 2.29. The molecule has 2 aromatic heterocycles. The zero-order chi connectivity index (χ0) is 26.0. The average molecular weight is 527 g/mol. The van der Waals surface area contributed by atoms with Gasteiger partial charge in [0.25, 0.3) is 0 Å². The van der Waals surface area contributed by atoms with Crippen molar-refractivity contribution in [3.63, 3.8) is 0 Å². The van der Waals surface area contributed by atoms with E-state index in [-0.39, 0.29) is 12.1 Å². The second-order valence-corrected chi connectivity index (χ2v) is 12.5. The molecule has 2 N–H and O–H groups in total. The molecule has 9 nitrogen and oxygen atoms in total.